The van der Waals surface area contributed by atoms with E-state index in [1.165, 1.54) is 18.5 Å². The summed E-state index contributed by atoms with van der Waals surface area (Å²) < 4.78 is 13.0. The standard InChI is InChI=1S/C14H18FN5/c1-9(2)12-13(19-16)17-8-18-14(12)20(3)11-6-4-10(15)5-7-11/h4-9H,16H2,1-3H3,(H,17,18,19). The van der Waals surface area contributed by atoms with Crippen molar-refractivity contribution in [3.8, 4) is 0 Å². The number of aromatic nitrogens is 2. The Labute approximate surface area is 117 Å². The van der Waals surface area contributed by atoms with Crippen LogP contribution in [0.25, 0.3) is 0 Å². The van der Waals surface area contributed by atoms with E-state index < -0.39 is 0 Å². The number of rotatable bonds is 4. The minimum Gasteiger partial charge on any atom is -0.329 e. The molecule has 0 unspecified atom stereocenters. The molecule has 0 atom stereocenters. The molecule has 0 fully saturated rings. The Hall–Kier alpha value is -2.21. The highest BCUT2D eigenvalue weighted by Crippen LogP contribution is 2.33. The fraction of sp³-hybridized carbons (Fsp3) is 0.286. The zero-order valence-electron chi connectivity index (χ0n) is 11.8. The lowest BCUT2D eigenvalue weighted by Crippen LogP contribution is -2.18. The van der Waals surface area contributed by atoms with Crippen molar-refractivity contribution in [2.75, 3.05) is 17.4 Å². The molecule has 5 nitrogen and oxygen atoms in total. The molecule has 0 spiro atoms. The predicted octanol–water partition coefficient (Wildman–Crippen LogP) is 2.79. The number of nitrogens with zero attached hydrogens (tertiary/aromatic N) is 3. The van der Waals surface area contributed by atoms with Gasteiger partial charge in [0, 0.05) is 18.3 Å². The molecule has 0 radical (unpaired) electrons. The molecule has 6 heteroatoms. The normalized spacial score (nSPS) is 10.7. The maximum atomic E-state index is 13.0. The molecule has 0 bridgehead atoms. The number of nitrogen functional groups attached to an aromatic ring is 1. The van der Waals surface area contributed by atoms with E-state index in [1.54, 1.807) is 12.1 Å². The van der Waals surface area contributed by atoms with Crippen LogP contribution in [-0.4, -0.2) is 17.0 Å². The average Bonchev–Trinajstić information content (AvgIpc) is 2.46. The first-order valence-electron chi connectivity index (χ1n) is 6.35. The quantitative estimate of drug-likeness (QED) is 0.663. The number of hydrogen-bond donors (Lipinski definition) is 2. The van der Waals surface area contributed by atoms with E-state index >= 15 is 0 Å². The van der Waals surface area contributed by atoms with E-state index in [0.717, 1.165) is 17.1 Å². The Kier molecular flexibility index (Phi) is 4.14. The second-order valence-corrected chi connectivity index (χ2v) is 4.79. The summed E-state index contributed by atoms with van der Waals surface area (Å²) in [5.41, 5.74) is 4.36. The molecule has 0 aliphatic carbocycles. The molecular weight excluding hydrogens is 257 g/mol. The Morgan fingerprint density at radius 3 is 2.40 bits per heavy atom. The van der Waals surface area contributed by atoms with Crippen LogP contribution in [-0.2, 0) is 0 Å². The topological polar surface area (TPSA) is 67.1 Å². The molecule has 1 aromatic heterocycles. The van der Waals surface area contributed by atoms with Gasteiger partial charge in [-0.15, -0.1) is 0 Å². The molecule has 20 heavy (non-hydrogen) atoms. The molecule has 1 heterocycles. The highest BCUT2D eigenvalue weighted by atomic mass is 19.1. The van der Waals surface area contributed by atoms with E-state index in [0.29, 0.717) is 5.82 Å². The number of anilines is 3. The smallest absolute Gasteiger partial charge is 0.148 e. The van der Waals surface area contributed by atoms with Crippen molar-refractivity contribution in [1.82, 2.24) is 9.97 Å². The van der Waals surface area contributed by atoms with Crippen LogP contribution in [0.15, 0.2) is 30.6 Å². The van der Waals surface area contributed by atoms with Gasteiger partial charge in [-0.3, -0.25) is 0 Å². The maximum Gasteiger partial charge on any atom is 0.148 e. The van der Waals surface area contributed by atoms with Crippen LogP contribution in [0.3, 0.4) is 0 Å². The Morgan fingerprint density at radius 2 is 1.85 bits per heavy atom. The minimum absolute atomic E-state index is 0.195. The number of halogens is 1. The van der Waals surface area contributed by atoms with Crippen LogP contribution >= 0.6 is 0 Å². The highest BCUT2D eigenvalue weighted by Gasteiger charge is 2.18. The van der Waals surface area contributed by atoms with Crippen molar-refractivity contribution in [3.63, 3.8) is 0 Å². The lowest BCUT2D eigenvalue weighted by atomic mass is 10.0. The molecule has 0 aliphatic heterocycles. The fourth-order valence-corrected chi connectivity index (χ4v) is 2.09. The molecule has 1 aromatic carbocycles. The summed E-state index contributed by atoms with van der Waals surface area (Å²) in [4.78, 5) is 10.4. The average molecular weight is 275 g/mol. The molecule has 0 aliphatic rings. The van der Waals surface area contributed by atoms with Gasteiger partial charge in [-0.2, -0.15) is 0 Å². The summed E-state index contributed by atoms with van der Waals surface area (Å²) >= 11 is 0. The molecule has 2 aromatic rings. The third-order valence-electron chi connectivity index (χ3n) is 3.11. The van der Waals surface area contributed by atoms with Gasteiger partial charge in [0.2, 0.25) is 0 Å². The molecule has 3 N–H and O–H groups in total. The van der Waals surface area contributed by atoms with Crippen molar-refractivity contribution >= 4 is 17.3 Å². The lowest BCUT2D eigenvalue weighted by Gasteiger charge is -2.24. The van der Waals surface area contributed by atoms with Gasteiger partial charge in [0.1, 0.15) is 23.8 Å². The number of nitrogens with one attached hydrogen (secondary N) is 1. The summed E-state index contributed by atoms with van der Waals surface area (Å²) in [6, 6.07) is 6.25. The van der Waals surface area contributed by atoms with E-state index in [4.69, 9.17) is 5.84 Å². The number of hydrazine groups is 1. The third kappa shape index (κ3) is 2.70. The number of nitrogens with two attached hydrogens (primary N) is 1. The van der Waals surface area contributed by atoms with Crippen molar-refractivity contribution in [1.29, 1.82) is 0 Å². The largest absolute Gasteiger partial charge is 0.329 e. The van der Waals surface area contributed by atoms with E-state index in [9.17, 15) is 4.39 Å². The first kappa shape index (κ1) is 14.2. The molecule has 0 saturated heterocycles. The van der Waals surface area contributed by atoms with Crippen LogP contribution in [0.4, 0.5) is 21.7 Å². The van der Waals surface area contributed by atoms with Crippen molar-refractivity contribution in [2.24, 2.45) is 5.84 Å². The van der Waals surface area contributed by atoms with Gasteiger partial charge in [0.05, 0.1) is 0 Å². The minimum atomic E-state index is -0.266. The SMILES string of the molecule is CC(C)c1c(NN)ncnc1N(C)c1ccc(F)cc1. The van der Waals surface area contributed by atoms with Gasteiger partial charge in [-0.1, -0.05) is 13.8 Å². The Bertz CT molecular complexity index is 583. The molecular formula is C14H18FN5. The summed E-state index contributed by atoms with van der Waals surface area (Å²) in [5, 5.41) is 0. The zero-order chi connectivity index (χ0) is 14.7. The zero-order valence-corrected chi connectivity index (χ0v) is 11.8. The van der Waals surface area contributed by atoms with Gasteiger partial charge in [0.15, 0.2) is 0 Å². The second kappa shape index (κ2) is 5.83. The van der Waals surface area contributed by atoms with Crippen LogP contribution in [0.5, 0.6) is 0 Å². The van der Waals surface area contributed by atoms with Crippen molar-refractivity contribution < 1.29 is 4.39 Å². The molecule has 0 amide bonds. The van der Waals surface area contributed by atoms with Crippen molar-refractivity contribution in [2.45, 2.75) is 19.8 Å². The Balaban J connectivity index is 2.48. The summed E-state index contributed by atoms with van der Waals surface area (Å²) in [7, 11) is 1.88. The molecule has 106 valence electrons. The van der Waals surface area contributed by atoms with Gasteiger partial charge in [-0.05, 0) is 30.2 Å². The maximum absolute atomic E-state index is 13.0. The van der Waals surface area contributed by atoms with Crippen LogP contribution < -0.4 is 16.2 Å². The summed E-state index contributed by atoms with van der Waals surface area (Å²) in [5.74, 6) is 6.78. The highest BCUT2D eigenvalue weighted by molar-refractivity contribution is 5.67. The van der Waals surface area contributed by atoms with Gasteiger partial charge >= 0.3 is 0 Å². The predicted molar refractivity (Wildman–Crippen MR) is 78.4 cm³/mol. The van der Waals surface area contributed by atoms with Gasteiger partial charge in [0.25, 0.3) is 0 Å². The second-order valence-electron chi connectivity index (χ2n) is 4.79. The van der Waals surface area contributed by atoms with Crippen LogP contribution in [0.2, 0.25) is 0 Å². The monoisotopic (exact) mass is 275 g/mol. The van der Waals surface area contributed by atoms with E-state index in [-0.39, 0.29) is 11.7 Å². The van der Waals surface area contributed by atoms with Gasteiger partial charge in [-0.25, -0.2) is 20.2 Å². The van der Waals surface area contributed by atoms with E-state index in [2.05, 4.69) is 15.4 Å². The van der Waals surface area contributed by atoms with Crippen LogP contribution in [0.1, 0.15) is 25.3 Å². The third-order valence-corrected chi connectivity index (χ3v) is 3.11. The molecule has 2 rings (SSSR count). The lowest BCUT2D eigenvalue weighted by molar-refractivity contribution is 0.628. The van der Waals surface area contributed by atoms with Crippen LogP contribution in [0, 0.1) is 5.82 Å². The van der Waals surface area contributed by atoms with E-state index in [1.807, 2.05) is 25.8 Å². The van der Waals surface area contributed by atoms with Crippen molar-refractivity contribution in [3.05, 3.63) is 42.0 Å². The number of hydrogen-bond acceptors (Lipinski definition) is 5. The number of benzene rings is 1. The Morgan fingerprint density at radius 1 is 1.20 bits per heavy atom. The fourth-order valence-electron chi connectivity index (χ4n) is 2.09. The molecule has 0 saturated carbocycles. The first-order chi connectivity index (χ1) is 9.54. The summed E-state index contributed by atoms with van der Waals surface area (Å²) in [6.07, 6.45) is 1.45. The summed E-state index contributed by atoms with van der Waals surface area (Å²) in [6.45, 7) is 4.09. The first-order valence-corrected chi connectivity index (χ1v) is 6.35. The van der Waals surface area contributed by atoms with Gasteiger partial charge < -0.3 is 10.3 Å².